The summed E-state index contributed by atoms with van der Waals surface area (Å²) in [5.41, 5.74) is 1.65. The van der Waals surface area contributed by atoms with Crippen LogP contribution in [0.2, 0.25) is 0 Å². The minimum Gasteiger partial charge on any atom is -0.395 e. The second-order valence-electron chi connectivity index (χ2n) is 5.79. The molecule has 118 valence electrons. The van der Waals surface area contributed by atoms with Crippen LogP contribution in [0.25, 0.3) is 0 Å². The quantitative estimate of drug-likeness (QED) is 0.735. The van der Waals surface area contributed by atoms with Gasteiger partial charge in [-0.2, -0.15) is 0 Å². The topological polar surface area (TPSA) is 35.5 Å². The van der Waals surface area contributed by atoms with Crippen LogP contribution in [-0.4, -0.2) is 30.3 Å². The third-order valence-corrected chi connectivity index (χ3v) is 4.24. The third-order valence-electron chi connectivity index (χ3n) is 4.24. The van der Waals surface area contributed by atoms with Crippen molar-refractivity contribution in [2.75, 3.05) is 18.1 Å². The molecule has 4 heteroatoms. The maximum atomic E-state index is 14.4. The fourth-order valence-electron chi connectivity index (χ4n) is 2.88. The lowest BCUT2D eigenvalue weighted by molar-refractivity contribution is 0.295. The molecule has 1 aliphatic rings. The summed E-state index contributed by atoms with van der Waals surface area (Å²) in [7, 11) is 0. The number of halogens is 1. The SMILES string of the molecule is CCC(CC)N(CCO)c1c(F)cccc1CNC1CC1. The van der Waals surface area contributed by atoms with Crippen LogP contribution in [0, 0.1) is 5.82 Å². The van der Waals surface area contributed by atoms with Gasteiger partial charge in [-0.3, -0.25) is 0 Å². The van der Waals surface area contributed by atoms with Gasteiger partial charge >= 0.3 is 0 Å². The predicted octanol–water partition coefficient (Wildman–Crippen LogP) is 3.07. The van der Waals surface area contributed by atoms with Gasteiger partial charge in [0.1, 0.15) is 5.82 Å². The highest BCUT2D eigenvalue weighted by Gasteiger charge is 2.24. The first-order chi connectivity index (χ1) is 10.2. The van der Waals surface area contributed by atoms with E-state index in [9.17, 15) is 9.50 Å². The van der Waals surface area contributed by atoms with Crippen molar-refractivity contribution in [2.24, 2.45) is 0 Å². The zero-order valence-corrected chi connectivity index (χ0v) is 13.1. The number of nitrogens with one attached hydrogen (secondary N) is 1. The summed E-state index contributed by atoms with van der Waals surface area (Å²) >= 11 is 0. The smallest absolute Gasteiger partial charge is 0.146 e. The zero-order chi connectivity index (χ0) is 15.2. The standard InChI is InChI=1S/C17H27FN2O/c1-3-15(4-2)20(10-11-21)17-13(6-5-7-16(17)18)12-19-14-8-9-14/h5-7,14-15,19,21H,3-4,8-12H2,1-2H3. The van der Waals surface area contributed by atoms with Gasteiger partial charge in [0, 0.05) is 25.2 Å². The summed E-state index contributed by atoms with van der Waals surface area (Å²) in [6, 6.07) is 6.13. The highest BCUT2D eigenvalue weighted by atomic mass is 19.1. The van der Waals surface area contributed by atoms with Crippen molar-refractivity contribution in [1.82, 2.24) is 5.32 Å². The summed E-state index contributed by atoms with van der Waals surface area (Å²) in [5.74, 6) is -0.189. The molecule has 1 fully saturated rings. The summed E-state index contributed by atoms with van der Waals surface area (Å²) in [4.78, 5) is 2.04. The van der Waals surface area contributed by atoms with Gasteiger partial charge in [0.05, 0.1) is 12.3 Å². The average Bonchev–Trinajstić information content (AvgIpc) is 3.30. The van der Waals surface area contributed by atoms with E-state index in [1.165, 1.54) is 18.9 Å². The van der Waals surface area contributed by atoms with Gasteiger partial charge < -0.3 is 15.3 Å². The summed E-state index contributed by atoms with van der Waals surface area (Å²) in [5, 5.41) is 12.8. The Kier molecular flexibility index (Phi) is 6.00. The molecule has 0 aliphatic heterocycles. The van der Waals surface area contributed by atoms with Crippen LogP contribution in [-0.2, 0) is 6.54 Å². The lowest BCUT2D eigenvalue weighted by atomic mass is 10.1. The minimum absolute atomic E-state index is 0.0420. The molecular weight excluding hydrogens is 267 g/mol. The fourth-order valence-corrected chi connectivity index (χ4v) is 2.88. The molecule has 1 aromatic carbocycles. The van der Waals surface area contributed by atoms with Crippen LogP contribution in [0.4, 0.5) is 10.1 Å². The van der Waals surface area contributed by atoms with Gasteiger partial charge in [-0.15, -0.1) is 0 Å². The number of benzene rings is 1. The second-order valence-corrected chi connectivity index (χ2v) is 5.79. The molecule has 0 spiro atoms. The monoisotopic (exact) mass is 294 g/mol. The molecule has 2 rings (SSSR count). The average molecular weight is 294 g/mol. The molecule has 0 heterocycles. The number of nitrogens with zero attached hydrogens (tertiary/aromatic N) is 1. The Bertz CT molecular complexity index is 444. The first-order valence-corrected chi connectivity index (χ1v) is 8.09. The molecule has 1 aromatic rings. The van der Waals surface area contributed by atoms with Crippen molar-refractivity contribution in [1.29, 1.82) is 0 Å². The first kappa shape index (κ1) is 16.2. The van der Waals surface area contributed by atoms with Crippen molar-refractivity contribution in [3.05, 3.63) is 29.6 Å². The van der Waals surface area contributed by atoms with E-state index in [0.717, 1.165) is 18.4 Å². The van der Waals surface area contributed by atoms with Gasteiger partial charge in [0.25, 0.3) is 0 Å². The number of anilines is 1. The molecule has 0 aromatic heterocycles. The van der Waals surface area contributed by atoms with Crippen molar-refractivity contribution < 1.29 is 9.50 Å². The fraction of sp³-hybridized carbons (Fsp3) is 0.647. The van der Waals surface area contributed by atoms with Gasteiger partial charge in [-0.25, -0.2) is 4.39 Å². The Morgan fingerprint density at radius 2 is 2.05 bits per heavy atom. The van der Waals surface area contributed by atoms with Crippen LogP contribution in [0.1, 0.15) is 45.1 Å². The number of rotatable bonds is 9. The first-order valence-electron chi connectivity index (χ1n) is 8.09. The molecule has 0 unspecified atom stereocenters. The van der Waals surface area contributed by atoms with Crippen LogP contribution in [0.3, 0.4) is 0 Å². The molecule has 21 heavy (non-hydrogen) atoms. The van der Waals surface area contributed by atoms with Crippen LogP contribution in [0.15, 0.2) is 18.2 Å². The Morgan fingerprint density at radius 1 is 1.33 bits per heavy atom. The number of hydrogen-bond acceptors (Lipinski definition) is 3. The van der Waals surface area contributed by atoms with E-state index < -0.39 is 0 Å². The lowest BCUT2D eigenvalue weighted by Gasteiger charge is -2.34. The second kappa shape index (κ2) is 7.76. The van der Waals surface area contributed by atoms with Gasteiger partial charge in [-0.1, -0.05) is 26.0 Å². The van der Waals surface area contributed by atoms with E-state index in [2.05, 4.69) is 19.2 Å². The number of aliphatic hydroxyl groups is 1. The van der Waals surface area contributed by atoms with E-state index >= 15 is 0 Å². The number of hydrogen-bond donors (Lipinski definition) is 2. The van der Waals surface area contributed by atoms with E-state index in [4.69, 9.17) is 0 Å². The molecule has 1 saturated carbocycles. The minimum atomic E-state index is -0.189. The molecule has 3 nitrogen and oxygen atoms in total. The van der Waals surface area contributed by atoms with Crippen molar-refractivity contribution in [3.63, 3.8) is 0 Å². The van der Waals surface area contributed by atoms with E-state index in [-0.39, 0.29) is 18.5 Å². The van der Waals surface area contributed by atoms with Gasteiger partial charge in [-0.05, 0) is 37.3 Å². The maximum Gasteiger partial charge on any atom is 0.146 e. The normalized spacial score (nSPS) is 14.7. The number of para-hydroxylation sites is 1. The maximum absolute atomic E-state index is 14.4. The Balaban J connectivity index is 2.27. The molecule has 2 N–H and O–H groups in total. The highest BCUT2D eigenvalue weighted by Crippen LogP contribution is 2.29. The third kappa shape index (κ3) is 4.17. The Morgan fingerprint density at radius 3 is 2.62 bits per heavy atom. The van der Waals surface area contributed by atoms with Gasteiger partial charge in [0.15, 0.2) is 0 Å². The molecule has 0 amide bonds. The summed E-state index contributed by atoms with van der Waals surface area (Å²) < 4.78 is 14.4. The zero-order valence-electron chi connectivity index (χ0n) is 13.1. The van der Waals surface area contributed by atoms with E-state index in [0.29, 0.717) is 24.8 Å². The van der Waals surface area contributed by atoms with Crippen LogP contribution < -0.4 is 10.2 Å². The Hall–Kier alpha value is -1.13. The van der Waals surface area contributed by atoms with Crippen molar-refractivity contribution in [2.45, 2.75) is 58.2 Å². The van der Waals surface area contributed by atoms with Crippen molar-refractivity contribution in [3.8, 4) is 0 Å². The summed E-state index contributed by atoms with van der Waals surface area (Å²) in [6.07, 6.45) is 4.33. The molecular formula is C17H27FN2O. The van der Waals surface area contributed by atoms with E-state index in [1.54, 1.807) is 6.07 Å². The molecule has 0 bridgehead atoms. The number of aliphatic hydroxyl groups excluding tert-OH is 1. The van der Waals surface area contributed by atoms with Crippen LogP contribution in [0.5, 0.6) is 0 Å². The molecule has 0 radical (unpaired) electrons. The van der Waals surface area contributed by atoms with E-state index in [1.807, 2.05) is 11.0 Å². The van der Waals surface area contributed by atoms with Gasteiger partial charge in [0.2, 0.25) is 0 Å². The molecule has 0 saturated heterocycles. The van der Waals surface area contributed by atoms with Crippen molar-refractivity contribution >= 4 is 5.69 Å². The largest absolute Gasteiger partial charge is 0.395 e. The van der Waals surface area contributed by atoms with Crippen LogP contribution >= 0.6 is 0 Å². The Labute approximate surface area is 127 Å². The molecule has 1 aliphatic carbocycles. The lowest BCUT2D eigenvalue weighted by Crippen LogP contribution is -2.38. The molecule has 0 atom stereocenters. The predicted molar refractivity (Wildman–Crippen MR) is 85.1 cm³/mol. The summed E-state index contributed by atoms with van der Waals surface area (Å²) in [6.45, 7) is 5.44. The highest BCUT2D eigenvalue weighted by molar-refractivity contribution is 5.56.